The van der Waals surface area contributed by atoms with Crippen molar-refractivity contribution < 1.29 is 0 Å². The third kappa shape index (κ3) is 2.96. The van der Waals surface area contributed by atoms with E-state index in [0.29, 0.717) is 12.1 Å². The van der Waals surface area contributed by atoms with Gasteiger partial charge in [0.15, 0.2) is 0 Å². The van der Waals surface area contributed by atoms with Gasteiger partial charge in [-0.25, -0.2) is 0 Å². The van der Waals surface area contributed by atoms with E-state index in [2.05, 4.69) is 45.0 Å². The first-order chi connectivity index (χ1) is 6.00. The normalized spacial score (nSPS) is 36.9. The molecule has 2 unspecified atom stereocenters. The maximum atomic E-state index is 3.68. The van der Waals surface area contributed by atoms with Gasteiger partial charge in [-0.1, -0.05) is 27.7 Å². The van der Waals surface area contributed by atoms with Crippen LogP contribution in [0, 0.1) is 11.8 Å². The van der Waals surface area contributed by atoms with Crippen LogP contribution in [0.1, 0.15) is 27.7 Å². The molecule has 0 aromatic carbocycles. The third-order valence-corrected chi connectivity index (χ3v) is 2.95. The van der Waals surface area contributed by atoms with Crippen molar-refractivity contribution in [1.29, 1.82) is 0 Å². The molecule has 78 valence electrons. The van der Waals surface area contributed by atoms with Crippen LogP contribution >= 0.6 is 0 Å². The van der Waals surface area contributed by atoms with E-state index in [4.69, 9.17) is 0 Å². The molecule has 13 heavy (non-hydrogen) atoms. The lowest BCUT2D eigenvalue weighted by Crippen LogP contribution is -2.53. The lowest BCUT2D eigenvalue weighted by Gasteiger charge is -2.41. The van der Waals surface area contributed by atoms with Crippen LogP contribution in [0.5, 0.6) is 0 Å². The van der Waals surface area contributed by atoms with Crippen LogP contribution in [0.2, 0.25) is 0 Å². The molecule has 0 aromatic rings. The molecule has 1 saturated heterocycles. The van der Waals surface area contributed by atoms with E-state index >= 15 is 0 Å². The van der Waals surface area contributed by atoms with E-state index < -0.39 is 0 Å². The van der Waals surface area contributed by atoms with Crippen LogP contribution < -0.4 is 5.32 Å². The second-order valence-electron chi connectivity index (χ2n) is 5.02. The molecular weight excluding hydrogens is 160 g/mol. The van der Waals surface area contributed by atoms with Crippen LogP contribution in [-0.4, -0.2) is 37.1 Å². The second kappa shape index (κ2) is 4.43. The van der Waals surface area contributed by atoms with Gasteiger partial charge in [0, 0.05) is 25.2 Å². The number of nitrogens with one attached hydrogen (secondary N) is 1. The molecule has 2 nitrogen and oxygen atoms in total. The Kier molecular flexibility index (Phi) is 3.74. The van der Waals surface area contributed by atoms with Gasteiger partial charge >= 0.3 is 0 Å². The fourth-order valence-electron chi connectivity index (χ4n) is 2.56. The Balaban J connectivity index is 2.51. The van der Waals surface area contributed by atoms with Gasteiger partial charge in [0.1, 0.15) is 0 Å². The second-order valence-corrected chi connectivity index (χ2v) is 5.02. The van der Waals surface area contributed by atoms with Crippen molar-refractivity contribution >= 4 is 0 Å². The molecule has 1 fully saturated rings. The van der Waals surface area contributed by atoms with Gasteiger partial charge in [0.25, 0.3) is 0 Å². The van der Waals surface area contributed by atoms with E-state index in [1.165, 1.54) is 13.1 Å². The summed E-state index contributed by atoms with van der Waals surface area (Å²) >= 11 is 0. The summed E-state index contributed by atoms with van der Waals surface area (Å²) in [4.78, 5) is 2.44. The number of nitrogens with zero attached hydrogens (tertiary/aromatic N) is 1. The summed E-state index contributed by atoms with van der Waals surface area (Å²) in [6.45, 7) is 11.6. The third-order valence-electron chi connectivity index (χ3n) is 2.95. The Morgan fingerprint density at radius 3 is 2.00 bits per heavy atom. The fraction of sp³-hybridized carbons (Fsp3) is 1.00. The monoisotopic (exact) mass is 184 g/mol. The lowest BCUT2D eigenvalue weighted by atomic mass is 9.85. The van der Waals surface area contributed by atoms with Gasteiger partial charge in [-0.3, -0.25) is 0 Å². The lowest BCUT2D eigenvalue weighted by molar-refractivity contribution is 0.117. The average molecular weight is 184 g/mol. The van der Waals surface area contributed by atoms with E-state index in [1.807, 2.05) is 0 Å². The zero-order chi connectivity index (χ0) is 10.0. The highest BCUT2D eigenvalue weighted by Crippen LogP contribution is 2.21. The Bertz CT molecular complexity index is 144. The molecule has 1 aliphatic rings. The summed E-state index contributed by atoms with van der Waals surface area (Å²) < 4.78 is 0. The summed E-state index contributed by atoms with van der Waals surface area (Å²) in [5.74, 6) is 1.55. The predicted molar refractivity (Wildman–Crippen MR) is 57.9 cm³/mol. The van der Waals surface area contributed by atoms with Crippen molar-refractivity contribution in [2.45, 2.75) is 39.8 Å². The first-order valence-electron chi connectivity index (χ1n) is 5.45. The standard InChI is InChI=1S/C11H24N2/c1-8(2)12-11-9(3)6-13(5)7-10(11)4/h8-12H,6-7H2,1-5H3. The van der Waals surface area contributed by atoms with E-state index in [0.717, 1.165) is 11.8 Å². The summed E-state index contributed by atoms with van der Waals surface area (Å²) in [5, 5.41) is 3.68. The highest BCUT2D eigenvalue weighted by atomic mass is 15.1. The van der Waals surface area contributed by atoms with Gasteiger partial charge in [0.05, 0.1) is 0 Å². The van der Waals surface area contributed by atoms with Crippen molar-refractivity contribution in [1.82, 2.24) is 10.2 Å². The highest BCUT2D eigenvalue weighted by molar-refractivity contribution is 4.87. The Morgan fingerprint density at radius 2 is 1.62 bits per heavy atom. The fourth-order valence-corrected chi connectivity index (χ4v) is 2.56. The molecule has 2 atom stereocenters. The number of hydrogen-bond acceptors (Lipinski definition) is 2. The van der Waals surface area contributed by atoms with Crippen LogP contribution in [-0.2, 0) is 0 Å². The highest BCUT2D eigenvalue weighted by Gasteiger charge is 2.30. The van der Waals surface area contributed by atoms with Crippen molar-refractivity contribution in [2.24, 2.45) is 11.8 Å². The molecule has 1 aliphatic heterocycles. The molecule has 1 rings (SSSR count). The topological polar surface area (TPSA) is 15.3 Å². The Morgan fingerprint density at radius 1 is 1.15 bits per heavy atom. The van der Waals surface area contributed by atoms with Gasteiger partial charge in [0.2, 0.25) is 0 Å². The van der Waals surface area contributed by atoms with Gasteiger partial charge in [-0.2, -0.15) is 0 Å². The minimum Gasteiger partial charge on any atom is -0.311 e. The molecule has 0 bridgehead atoms. The quantitative estimate of drug-likeness (QED) is 0.701. The maximum Gasteiger partial charge on any atom is 0.0145 e. The molecule has 0 amide bonds. The molecule has 1 heterocycles. The van der Waals surface area contributed by atoms with Crippen LogP contribution in [0.15, 0.2) is 0 Å². The number of hydrogen-bond donors (Lipinski definition) is 1. The Labute approximate surface area is 82.7 Å². The maximum absolute atomic E-state index is 3.68. The SMILES string of the molecule is CC(C)NC1C(C)CN(C)CC1C. The summed E-state index contributed by atoms with van der Waals surface area (Å²) in [7, 11) is 2.22. The molecule has 1 N–H and O–H groups in total. The summed E-state index contributed by atoms with van der Waals surface area (Å²) in [5.41, 5.74) is 0. The molecule has 0 spiro atoms. The van der Waals surface area contributed by atoms with Crippen LogP contribution in [0.4, 0.5) is 0 Å². The van der Waals surface area contributed by atoms with Crippen molar-refractivity contribution in [3.8, 4) is 0 Å². The number of rotatable bonds is 2. The van der Waals surface area contributed by atoms with E-state index in [9.17, 15) is 0 Å². The first-order valence-corrected chi connectivity index (χ1v) is 5.45. The van der Waals surface area contributed by atoms with Crippen LogP contribution in [0.25, 0.3) is 0 Å². The van der Waals surface area contributed by atoms with Gasteiger partial charge < -0.3 is 10.2 Å². The molecule has 0 aliphatic carbocycles. The number of piperidine rings is 1. The summed E-state index contributed by atoms with van der Waals surface area (Å²) in [6.07, 6.45) is 0. The number of likely N-dealkylation sites (tertiary alicyclic amines) is 1. The smallest absolute Gasteiger partial charge is 0.0145 e. The minimum absolute atomic E-state index is 0.610. The average Bonchev–Trinajstić information content (AvgIpc) is 1.96. The van der Waals surface area contributed by atoms with Gasteiger partial charge in [-0.15, -0.1) is 0 Å². The van der Waals surface area contributed by atoms with Gasteiger partial charge in [-0.05, 0) is 18.9 Å². The molecular formula is C11H24N2. The molecule has 2 heteroatoms. The van der Waals surface area contributed by atoms with Crippen molar-refractivity contribution in [3.63, 3.8) is 0 Å². The first kappa shape index (κ1) is 11.0. The predicted octanol–water partition coefficient (Wildman–Crippen LogP) is 1.57. The van der Waals surface area contributed by atoms with Crippen LogP contribution in [0.3, 0.4) is 0 Å². The van der Waals surface area contributed by atoms with Crippen molar-refractivity contribution in [2.75, 3.05) is 20.1 Å². The largest absolute Gasteiger partial charge is 0.311 e. The molecule has 0 saturated carbocycles. The Hall–Kier alpha value is -0.0800. The zero-order valence-electron chi connectivity index (χ0n) is 9.67. The molecule has 0 aromatic heterocycles. The van der Waals surface area contributed by atoms with Crippen molar-refractivity contribution in [3.05, 3.63) is 0 Å². The van der Waals surface area contributed by atoms with E-state index in [1.54, 1.807) is 0 Å². The zero-order valence-corrected chi connectivity index (χ0v) is 9.67. The molecule has 0 radical (unpaired) electrons. The van der Waals surface area contributed by atoms with E-state index in [-0.39, 0.29) is 0 Å². The minimum atomic E-state index is 0.610. The summed E-state index contributed by atoms with van der Waals surface area (Å²) in [6, 6.07) is 1.31.